The Balaban J connectivity index is 2.29. The highest BCUT2D eigenvalue weighted by molar-refractivity contribution is 5.60. The SMILES string of the molecule is CC(C)(O)Cc1cccc(-c2cc(N)no2)c1. The van der Waals surface area contributed by atoms with E-state index in [1.807, 2.05) is 24.3 Å². The number of nitrogens with zero attached hydrogens (tertiary/aromatic N) is 1. The first kappa shape index (κ1) is 11.7. The molecule has 0 fully saturated rings. The lowest BCUT2D eigenvalue weighted by Gasteiger charge is -2.17. The van der Waals surface area contributed by atoms with Crippen LogP contribution in [0.25, 0.3) is 11.3 Å². The molecule has 1 heterocycles. The lowest BCUT2D eigenvalue weighted by Crippen LogP contribution is -2.21. The van der Waals surface area contributed by atoms with Crippen molar-refractivity contribution in [3.05, 3.63) is 35.9 Å². The first-order chi connectivity index (χ1) is 7.94. The van der Waals surface area contributed by atoms with E-state index in [0.29, 0.717) is 18.0 Å². The Kier molecular flexibility index (Phi) is 2.90. The molecule has 0 saturated carbocycles. The van der Waals surface area contributed by atoms with Crippen LogP contribution in [-0.4, -0.2) is 15.9 Å². The van der Waals surface area contributed by atoms with Crippen LogP contribution in [0, 0.1) is 0 Å². The zero-order chi connectivity index (χ0) is 12.5. The maximum atomic E-state index is 9.78. The maximum Gasteiger partial charge on any atom is 0.169 e. The van der Waals surface area contributed by atoms with E-state index in [-0.39, 0.29) is 0 Å². The number of benzene rings is 1. The Hall–Kier alpha value is -1.81. The third-order valence-electron chi connectivity index (χ3n) is 2.38. The summed E-state index contributed by atoms with van der Waals surface area (Å²) in [6.07, 6.45) is 0.588. The van der Waals surface area contributed by atoms with E-state index in [2.05, 4.69) is 5.16 Å². The second-order valence-corrected chi connectivity index (χ2v) is 4.81. The van der Waals surface area contributed by atoms with E-state index in [4.69, 9.17) is 10.3 Å². The summed E-state index contributed by atoms with van der Waals surface area (Å²) in [6.45, 7) is 3.57. The molecule has 2 rings (SSSR count). The van der Waals surface area contributed by atoms with Gasteiger partial charge in [0.2, 0.25) is 0 Å². The van der Waals surface area contributed by atoms with Gasteiger partial charge >= 0.3 is 0 Å². The molecule has 4 heteroatoms. The van der Waals surface area contributed by atoms with Crippen molar-refractivity contribution in [3.63, 3.8) is 0 Å². The first-order valence-electron chi connectivity index (χ1n) is 5.48. The van der Waals surface area contributed by atoms with Crippen LogP contribution in [0.2, 0.25) is 0 Å². The van der Waals surface area contributed by atoms with Crippen LogP contribution in [0.5, 0.6) is 0 Å². The van der Waals surface area contributed by atoms with Gasteiger partial charge in [-0.1, -0.05) is 23.4 Å². The molecule has 0 atom stereocenters. The molecular formula is C13H16N2O2. The molecule has 0 amide bonds. The second kappa shape index (κ2) is 4.22. The van der Waals surface area contributed by atoms with Gasteiger partial charge in [-0.25, -0.2) is 0 Å². The zero-order valence-electron chi connectivity index (χ0n) is 9.97. The molecular weight excluding hydrogens is 216 g/mol. The summed E-state index contributed by atoms with van der Waals surface area (Å²) < 4.78 is 5.10. The van der Waals surface area contributed by atoms with Crippen molar-refractivity contribution in [3.8, 4) is 11.3 Å². The van der Waals surface area contributed by atoms with Crippen LogP contribution in [0.4, 0.5) is 5.82 Å². The van der Waals surface area contributed by atoms with Crippen molar-refractivity contribution < 1.29 is 9.63 Å². The van der Waals surface area contributed by atoms with Gasteiger partial charge in [-0.15, -0.1) is 0 Å². The van der Waals surface area contributed by atoms with Crippen molar-refractivity contribution in [1.29, 1.82) is 0 Å². The van der Waals surface area contributed by atoms with Gasteiger partial charge in [0.05, 0.1) is 5.60 Å². The summed E-state index contributed by atoms with van der Waals surface area (Å²) in [6, 6.07) is 9.48. The summed E-state index contributed by atoms with van der Waals surface area (Å²) in [5.41, 5.74) is 6.75. The van der Waals surface area contributed by atoms with Gasteiger partial charge in [-0.2, -0.15) is 0 Å². The monoisotopic (exact) mass is 232 g/mol. The molecule has 0 aliphatic carbocycles. The predicted octanol–water partition coefficient (Wildman–Crippen LogP) is 2.24. The molecule has 0 unspecified atom stereocenters. The normalized spacial score (nSPS) is 11.7. The lowest BCUT2D eigenvalue weighted by molar-refractivity contribution is 0.0810. The summed E-state index contributed by atoms with van der Waals surface area (Å²) in [4.78, 5) is 0. The number of nitrogen functional groups attached to an aromatic ring is 1. The minimum absolute atomic E-state index is 0.368. The van der Waals surface area contributed by atoms with Gasteiger partial charge in [0, 0.05) is 18.1 Å². The highest BCUT2D eigenvalue weighted by Crippen LogP contribution is 2.23. The number of nitrogens with two attached hydrogens (primary N) is 1. The molecule has 90 valence electrons. The fourth-order valence-electron chi connectivity index (χ4n) is 1.76. The zero-order valence-corrected chi connectivity index (χ0v) is 9.97. The molecule has 1 aromatic heterocycles. The van der Waals surface area contributed by atoms with Crippen LogP contribution in [-0.2, 0) is 6.42 Å². The molecule has 0 aliphatic heterocycles. The smallest absolute Gasteiger partial charge is 0.169 e. The molecule has 3 N–H and O–H groups in total. The van der Waals surface area contributed by atoms with E-state index >= 15 is 0 Å². The summed E-state index contributed by atoms with van der Waals surface area (Å²) in [7, 11) is 0. The molecule has 4 nitrogen and oxygen atoms in total. The highest BCUT2D eigenvalue weighted by atomic mass is 16.5. The standard InChI is InChI=1S/C13H16N2O2/c1-13(2,16)8-9-4-3-5-10(6-9)11-7-12(14)15-17-11/h3-7,16H,8H2,1-2H3,(H2,14,15). The summed E-state index contributed by atoms with van der Waals surface area (Å²) in [5, 5.41) is 13.4. The van der Waals surface area contributed by atoms with E-state index in [1.54, 1.807) is 19.9 Å². The molecule has 0 radical (unpaired) electrons. The molecule has 2 aromatic rings. The summed E-state index contributed by atoms with van der Waals surface area (Å²) in [5.74, 6) is 1.01. The number of rotatable bonds is 3. The minimum Gasteiger partial charge on any atom is -0.390 e. The van der Waals surface area contributed by atoms with E-state index in [9.17, 15) is 5.11 Å². The molecule has 0 bridgehead atoms. The van der Waals surface area contributed by atoms with Crippen molar-refractivity contribution in [2.75, 3.05) is 5.73 Å². The minimum atomic E-state index is -0.723. The van der Waals surface area contributed by atoms with Crippen LogP contribution in [0.15, 0.2) is 34.9 Å². The Labute approximate surface area is 100 Å². The summed E-state index contributed by atoms with van der Waals surface area (Å²) >= 11 is 0. The van der Waals surface area contributed by atoms with Gasteiger partial charge in [0.15, 0.2) is 11.6 Å². The van der Waals surface area contributed by atoms with E-state index in [0.717, 1.165) is 11.1 Å². The number of hydrogen-bond acceptors (Lipinski definition) is 4. The van der Waals surface area contributed by atoms with Gasteiger partial charge in [-0.05, 0) is 25.5 Å². The fraction of sp³-hybridized carbons (Fsp3) is 0.308. The van der Waals surface area contributed by atoms with Gasteiger partial charge in [0.25, 0.3) is 0 Å². The maximum absolute atomic E-state index is 9.78. The Morgan fingerprint density at radius 2 is 2.12 bits per heavy atom. The van der Waals surface area contributed by atoms with Gasteiger partial charge in [0.1, 0.15) is 0 Å². The fourth-order valence-corrected chi connectivity index (χ4v) is 1.76. The van der Waals surface area contributed by atoms with E-state index in [1.165, 1.54) is 0 Å². The second-order valence-electron chi connectivity index (χ2n) is 4.81. The predicted molar refractivity (Wildman–Crippen MR) is 66.4 cm³/mol. The number of hydrogen-bond donors (Lipinski definition) is 2. The van der Waals surface area contributed by atoms with Crippen LogP contribution >= 0.6 is 0 Å². The average molecular weight is 232 g/mol. The van der Waals surface area contributed by atoms with Gasteiger partial charge in [-0.3, -0.25) is 0 Å². The van der Waals surface area contributed by atoms with Crippen molar-refractivity contribution in [2.24, 2.45) is 0 Å². The third kappa shape index (κ3) is 3.07. The van der Waals surface area contributed by atoms with E-state index < -0.39 is 5.60 Å². The lowest BCUT2D eigenvalue weighted by atomic mass is 9.97. The van der Waals surface area contributed by atoms with Crippen molar-refractivity contribution in [1.82, 2.24) is 5.16 Å². The van der Waals surface area contributed by atoms with Crippen LogP contribution in [0.1, 0.15) is 19.4 Å². The molecule has 17 heavy (non-hydrogen) atoms. The number of aliphatic hydroxyl groups is 1. The highest BCUT2D eigenvalue weighted by Gasteiger charge is 2.14. The Morgan fingerprint density at radius 3 is 2.71 bits per heavy atom. The largest absolute Gasteiger partial charge is 0.390 e. The van der Waals surface area contributed by atoms with Crippen molar-refractivity contribution >= 4 is 5.82 Å². The molecule has 0 spiro atoms. The Morgan fingerprint density at radius 1 is 1.35 bits per heavy atom. The Bertz CT molecular complexity index is 512. The van der Waals surface area contributed by atoms with Gasteiger partial charge < -0.3 is 15.4 Å². The number of aromatic nitrogens is 1. The molecule has 0 aliphatic rings. The first-order valence-corrected chi connectivity index (χ1v) is 5.48. The van der Waals surface area contributed by atoms with Crippen LogP contribution < -0.4 is 5.73 Å². The third-order valence-corrected chi connectivity index (χ3v) is 2.38. The topological polar surface area (TPSA) is 72.3 Å². The molecule has 1 aromatic carbocycles. The molecule has 0 saturated heterocycles. The number of anilines is 1. The average Bonchev–Trinajstić information content (AvgIpc) is 2.63. The van der Waals surface area contributed by atoms with Crippen molar-refractivity contribution in [2.45, 2.75) is 25.9 Å². The van der Waals surface area contributed by atoms with Crippen LogP contribution in [0.3, 0.4) is 0 Å². The quantitative estimate of drug-likeness (QED) is 0.851.